The molecule has 3 rings (SSSR count). The van der Waals surface area contributed by atoms with Crippen LogP contribution in [0.5, 0.6) is 0 Å². The molecule has 0 radical (unpaired) electrons. The zero-order valence-electron chi connectivity index (χ0n) is 14.9. The van der Waals surface area contributed by atoms with Gasteiger partial charge in [0.15, 0.2) is 0 Å². The van der Waals surface area contributed by atoms with Crippen molar-refractivity contribution in [2.24, 2.45) is 7.05 Å². The van der Waals surface area contributed by atoms with Crippen LogP contribution in [0.1, 0.15) is 24.8 Å². The number of hydrogen-bond donors (Lipinski definition) is 1. The van der Waals surface area contributed by atoms with Crippen molar-refractivity contribution in [3.63, 3.8) is 0 Å². The third-order valence-electron chi connectivity index (χ3n) is 4.82. The van der Waals surface area contributed by atoms with Crippen molar-refractivity contribution in [1.29, 1.82) is 0 Å². The molecule has 25 heavy (non-hydrogen) atoms. The van der Waals surface area contributed by atoms with Crippen LogP contribution in [0.3, 0.4) is 0 Å². The fourth-order valence-corrected chi connectivity index (χ4v) is 3.45. The van der Waals surface area contributed by atoms with Crippen LogP contribution in [0.2, 0.25) is 0 Å². The van der Waals surface area contributed by atoms with Crippen LogP contribution in [0.4, 0.5) is 5.69 Å². The zero-order valence-corrected chi connectivity index (χ0v) is 14.9. The van der Waals surface area contributed by atoms with E-state index in [2.05, 4.69) is 22.1 Å². The molecule has 1 amide bonds. The molecule has 1 N–H and O–H groups in total. The van der Waals surface area contributed by atoms with Gasteiger partial charge in [-0.25, -0.2) is 0 Å². The highest BCUT2D eigenvalue weighted by molar-refractivity contribution is 5.93. The maximum atomic E-state index is 12.6. The van der Waals surface area contributed by atoms with Crippen molar-refractivity contribution >= 4 is 11.6 Å². The molecule has 1 fully saturated rings. The first-order chi connectivity index (χ1) is 12.0. The van der Waals surface area contributed by atoms with Gasteiger partial charge in [0.25, 0.3) is 0 Å². The highest BCUT2D eigenvalue weighted by Crippen LogP contribution is 2.27. The Kier molecular flexibility index (Phi) is 5.20. The van der Waals surface area contributed by atoms with Crippen molar-refractivity contribution in [3.8, 4) is 0 Å². The molecule has 1 aliphatic heterocycles. The van der Waals surface area contributed by atoms with Crippen LogP contribution >= 0.6 is 0 Å². The lowest BCUT2D eigenvalue weighted by Crippen LogP contribution is -2.50. The van der Waals surface area contributed by atoms with Gasteiger partial charge in [-0.2, -0.15) is 5.10 Å². The molecular formula is C19H26N4O2. The first kappa shape index (κ1) is 17.6. The van der Waals surface area contributed by atoms with Crippen LogP contribution < -0.4 is 4.90 Å². The smallest absolute Gasteiger partial charge is 0.229 e. The Morgan fingerprint density at radius 2 is 2.12 bits per heavy atom. The number of carbonyl (C=O) groups is 1. The van der Waals surface area contributed by atoms with Gasteiger partial charge in [0.05, 0.1) is 23.9 Å². The molecule has 134 valence electrons. The molecule has 0 spiro atoms. The van der Waals surface area contributed by atoms with Crippen LogP contribution in [-0.4, -0.2) is 51.4 Å². The standard InChI is InChI=1S/C19H26N4O2/c1-21-14-17(12-20-21)22(2)18(24)11-19(25)9-6-10-23(15-19)13-16-7-4-3-5-8-16/h3-5,7-8,12,14,25H,6,9-11,13,15H2,1-2H3. The molecule has 2 aromatic rings. The molecule has 1 saturated heterocycles. The lowest BCUT2D eigenvalue weighted by Gasteiger charge is -2.39. The van der Waals surface area contributed by atoms with Crippen LogP contribution in [0, 0.1) is 0 Å². The number of aliphatic hydroxyl groups is 1. The van der Waals surface area contributed by atoms with Crippen molar-refractivity contribution in [2.75, 3.05) is 25.0 Å². The van der Waals surface area contributed by atoms with Gasteiger partial charge in [-0.1, -0.05) is 30.3 Å². The Balaban J connectivity index is 1.61. The summed E-state index contributed by atoms with van der Waals surface area (Å²) in [4.78, 5) is 16.4. The first-order valence-corrected chi connectivity index (χ1v) is 8.69. The molecule has 6 nitrogen and oxygen atoms in total. The van der Waals surface area contributed by atoms with Crippen molar-refractivity contribution in [3.05, 3.63) is 48.3 Å². The summed E-state index contributed by atoms with van der Waals surface area (Å²) in [5, 5.41) is 15.1. The van der Waals surface area contributed by atoms with Crippen LogP contribution in [-0.2, 0) is 18.4 Å². The second-order valence-corrected chi connectivity index (χ2v) is 7.03. The van der Waals surface area contributed by atoms with Crippen LogP contribution in [0.25, 0.3) is 0 Å². The van der Waals surface area contributed by atoms with Crippen molar-refractivity contribution in [2.45, 2.75) is 31.4 Å². The topological polar surface area (TPSA) is 61.6 Å². The van der Waals surface area contributed by atoms with E-state index >= 15 is 0 Å². The third kappa shape index (κ3) is 4.46. The number of aryl methyl sites for hydroxylation is 1. The van der Waals surface area contributed by atoms with Gasteiger partial charge >= 0.3 is 0 Å². The maximum Gasteiger partial charge on any atom is 0.229 e. The summed E-state index contributed by atoms with van der Waals surface area (Å²) in [7, 11) is 3.55. The average molecular weight is 342 g/mol. The zero-order chi connectivity index (χ0) is 17.9. The third-order valence-corrected chi connectivity index (χ3v) is 4.82. The Labute approximate surface area is 148 Å². The predicted molar refractivity (Wildman–Crippen MR) is 97.1 cm³/mol. The Morgan fingerprint density at radius 3 is 2.80 bits per heavy atom. The van der Waals surface area contributed by atoms with E-state index in [1.165, 1.54) is 5.56 Å². The van der Waals surface area contributed by atoms with Gasteiger partial charge in [0.2, 0.25) is 5.91 Å². The molecule has 6 heteroatoms. The van der Waals surface area contributed by atoms with Gasteiger partial charge in [-0.15, -0.1) is 0 Å². The first-order valence-electron chi connectivity index (χ1n) is 8.69. The highest BCUT2D eigenvalue weighted by atomic mass is 16.3. The van der Waals surface area contributed by atoms with E-state index in [1.807, 2.05) is 25.2 Å². The highest BCUT2D eigenvalue weighted by Gasteiger charge is 2.36. The van der Waals surface area contributed by atoms with E-state index in [0.717, 1.165) is 25.2 Å². The van der Waals surface area contributed by atoms with Gasteiger partial charge in [-0.3, -0.25) is 14.4 Å². The van der Waals surface area contributed by atoms with Crippen molar-refractivity contribution in [1.82, 2.24) is 14.7 Å². The molecule has 1 aromatic carbocycles. The quantitative estimate of drug-likeness (QED) is 0.900. The summed E-state index contributed by atoms with van der Waals surface area (Å²) < 4.78 is 1.66. The molecule has 1 aromatic heterocycles. The molecule has 1 unspecified atom stereocenters. The summed E-state index contributed by atoms with van der Waals surface area (Å²) in [5.41, 5.74) is 0.999. The summed E-state index contributed by atoms with van der Waals surface area (Å²) in [5.74, 6) is -0.0861. The molecular weight excluding hydrogens is 316 g/mol. The monoisotopic (exact) mass is 342 g/mol. The van der Waals surface area contributed by atoms with Crippen molar-refractivity contribution < 1.29 is 9.90 Å². The normalized spacial score (nSPS) is 21.2. The van der Waals surface area contributed by atoms with Crippen LogP contribution in [0.15, 0.2) is 42.7 Å². The summed E-state index contributed by atoms with van der Waals surface area (Å²) in [6.07, 6.45) is 5.14. The number of nitrogens with zero attached hydrogens (tertiary/aromatic N) is 4. The number of piperidine rings is 1. The molecule has 0 aliphatic carbocycles. The second kappa shape index (κ2) is 7.37. The number of aromatic nitrogens is 2. The minimum atomic E-state index is -0.972. The molecule has 1 aliphatic rings. The summed E-state index contributed by atoms with van der Waals surface area (Å²) in [6, 6.07) is 10.2. The van der Waals surface area contributed by atoms with Gasteiger partial charge < -0.3 is 10.0 Å². The molecule has 2 heterocycles. The number of likely N-dealkylation sites (tertiary alicyclic amines) is 1. The number of rotatable bonds is 5. The predicted octanol–water partition coefficient (Wildman–Crippen LogP) is 1.80. The minimum Gasteiger partial charge on any atom is -0.388 e. The number of β-amino-alcohol motifs (C(OH)–C–C–N with tert-alkyl or cyclic N) is 1. The average Bonchev–Trinajstić information content (AvgIpc) is 3.01. The summed E-state index contributed by atoms with van der Waals surface area (Å²) in [6.45, 7) is 2.27. The minimum absolute atomic E-state index is 0.0861. The van der Waals surface area contributed by atoms with Gasteiger partial charge in [-0.05, 0) is 24.9 Å². The maximum absolute atomic E-state index is 12.6. The fraction of sp³-hybridized carbons (Fsp3) is 0.474. The number of carbonyl (C=O) groups excluding carboxylic acids is 1. The SMILES string of the molecule is CN(C(=O)CC1(O)CCCN(Cc2ccccc2)C1)c1cnn(C)c1. The molecule has 0 bridgehead atoms. The summed E-state index contributed by atoms with van der Waals surface area (Å²) >= 11 is 0. The lowest BCUT2D eigenvalue weighted by atomic mass is 9.88. The number of anilines is 1. The Hall–Kier alpha value is -2.18. The molecule has 1 atom stereocenters. The number of benzene rings is 1. The van der Waals surface area contributed by atoms with E-state index in [4.69, 9.17) is 0 Å². The van der Waals surface area contributed by atoms with Gasteiger partial charge in [0, 0.05) is 33.4 Å². The van der Waals surface area contributed by atoms with E-state index in [-0.39, 0.29) is 12.3 Å². The lowest BCUT2D eigenvalue weighted by molar-refractivity contribution is -0.126. The van der Waals surface area contributed by atoms with E-state index < -0.39 is 5.60 Å². The molecule has 0 saturated carbocycles. The van der Waals surface area contributed by atoms with E-state index in [0.29, 0.717) is 13.0 Å². The largest absolute Gasteiger partial charge is 0.388 e. The Morgan fingerprint density at radius 1 is 1.36 bits per heavy atom. The fourth-order valence-electron chi connectivity index (χ4n) is 3.45. The van der Waals surface area contributed by atoms with E-state index in [1.54, 1.807) is 29.0 Å². The second-order valence-electron chi connectivity index (χ2n) is 7.03. The van der Waals surface area contributed by atoms with E-state index in [9.17, 15) is 9.90 Å². The number of hydrogen-bond acceptors (Lipinski definition) is 4. The number of amides is 1. The van der Waals surface area contributed by atoms with Gasteiger partial charge in [0.1, 0.15) is 0 Å². The Bertz CT molecular complexity index is 715.